The molecular weight excluding hydrogens is 288 g/mol. The summed E-state index contributed by atoms with van der Waals surface area (Å²) in [5.41, 5.74) is 0. The number of unbranched alkanes of at least 4 members (excludes halogenated alkanes) is 2. The number of rotatable bonds is 14. The zero-order chi connectivity index (χ0) is 17.3. The fourth-order valence-corrected chi connectivity index (χ4v) is 2.51. The number of methoxy groups -OCH3 is 1. The molecule has 138 valence electrons. The van der Waals surface area contributed by atoms with E-state index in [1.807, 2.05) is 0 Å². The van der Waals surface area contributed by atoms with Gasteiger partial charge in [0.1, 0.15) is 0 Å². The van der Waals surface area contributed by atoms with Crippen LogP contribution in [0.2, 0.25) is 0 Å². The third-order valence-electron chi connectivity index (χ3n) is 4.01. The van der Waals surface area contributed by atoms with E-state index in [-0.39, 0.29) is 0 Å². The van der Waals surface area contributed by atoms with Gasteiger partial charge in [0.15, 0.2) is 5.96 Å². The molecule has 0 aromatic heterocycles. The fourth-order valence-electron chi connectivity index (χ4n) is 2.51. The molecule has 23 heavy (non-hydrogen) atoms. The quantitative estimate of drug-likeness (QED) is 0.292. The van der Waals surface area contributed by atoms with Gasteiger partial charge in [-0.05, 0) is 65.6 Å². The molecule has 0 aliphatic rings. The SMILES string of the molecule is CCNC(=NCCCCCOC)NC(C)CCCN(CC)CC. The van der Waals surface area contributed by atoms with E-state index in [9.17, 15) is 0 Å². The van der Waals surface area contributed by atoms with Crippen molar-refractivity contribution in [1.82, 2.24) is 15.5 Å². The van der Waals surface area contributed by atoms with Gasteiger partial charge in [0, 0.05) is 32.8 Å². The third kappa shape index (κ3) is 13.3. The first-order valence-electron chi connectivity index (χ1n) is 9.43. The van der Waals surface area contributed by atoms with E-state index in [2.05, 4.69) is 48.2 Å². The average molecular weight is 329 g/mol. The first kappa shape index (κ1) is 22.2. The Morgan fingerprint density at radius 1 is 1.09 bits per heavy atom. The Labute approximate surface area is 144 Å². The standard InChI is InChI=1S/C18H40N4O/c1-6-19-18(20-14-10-9-11-16-23-5)21-17(4)13-12-15-22(7-2)8-3/h17H,6-16H2,1-5H3,(H2,19,20,21). The molecular formula is C18H40N4O. The minimum atomic E-state index is 0.455. The van der Waals surface area contributed by atoms with Crippen molar-refractivity contribution in [3.05, 3.63) is 0 Å². The van der Waals surface area contributed by atoms with Crippen LogP contribution in [0, 0.1) is 0 Å². The van der Waals surface area contributed by atoms with E-state index in [0.29, 0.717) is 6.04 Å². The molecule has 0 saturated heterocycles. The molecule has 5 nitrogen and oxygen atoms in total. The number of hydrogen-bond donors (Lipinski definition) is 2. The van der Waals surface area contributed by atoms with Crippen molar-refractivity contribution >= 4 is 5.96 Å². The number of aliphatic imine (C=N–C) groups is 1. The van der Waals surface area contributed by atoms with Gasteiger partial charge in [0.05, 0.1) is 0 Å². The van der Waals surface area contributed by atoms with Crippen LogP contribution in [0.5, 0.6) is 0 Å². The Hall–Kier alpha value is -0.810. The van der Waals surface area contributed by atoms with Crippen molar-refractivity contribution in [3.63, 3.8) is 0 Å². The lowest BCUT2D eigenvalue weighted by Crippen LogP contribution is -2.42. The van der Waals surface area contributed by atoms with Gasteiger partial charge >= 0.3 is 0 Å². The minimum absolute atomic E-state index is 0.455. The van der Waals surface area contributed by atoms with Crippen LogP contribution < -0.4 is 10.6 Å². The van der Waals surface area contributed by atoms with Crippen LogP contribution in [0.15, 0.2) is 4.99 Å². The highest BCUT2D eigenvalue weighted by atomic mass is 16.5. The molecule has 0 heterocycles. The second-order valence-corrected chi connectivity index (χ2v) is 6.03. The molecule has 5 heteroatoms. The highest BCUT2D eigenvalue weighted by Gasteiger charge is 2.06. The predicted octanol–water partition coefficient (Wildman–Crippen LogP) is 2.87. The summed E-state index contributed by atoms with van der Waals surface area (Å²) in [6, 6.07) is 0.455. The minimum Gasteiger partial charge on any atom is -0.385 e. The summed E-state index contributed by atoms with van der Waals surface area (Å²) in [4.78, 5) is 7.15. The van der Waals surface area contributed by atoms with Crippen LogP contribution in [0.1, 0.15) is 59.8 Å². The fraction of sp³-hybridized carbons (Fsp3) is 0.944. The van der Waals surface area contributed by atoms with E-state index >= 15 is 0 Å². The maximum atomic E-state index is 5.07. The van der Waals surface area contributed by atoms with Gasteiger partial charge in [-0.2, -0.15) is 0 Å². The number of guanidine groups is 1. The van der Waals surface area contributed by atoms with Gasteiger partial charge < -0.3 is 20.3 Å². The molecule has 0 aliphatic carbocycles. The molecule has 0 fully saturated rings. The number of nitrogens with zero attached hydrogens (tertiary/aromatic N) is 2. The molecule has 1 unspecified atom stereocenters. The first-order valence-corrected chi connectivity index (χ1v) is 9.43. The van der Waals surface area contributed by atoms with Crippen LogP contribution in [0.25, 0.3) is 0 Å². The molecule has 0 rings (SSSR count). The third-order valence-corrected chi connectivity index (χ3v) is 4.01. The summed E-state index contributed by atoms with van der Waals surface area (Å²) < 4.78 is 5.07. The lowest BCUT2D eigenvalue weighted by Gasteiger charge is -2.21. The van der Waals surface area contributed by atoms with Crippen LogP contribution in [0.4, 0.5) is 0 Å². The summed E-state index contributed by atoms with van der Waals surface area (Å²) >= 11 is 0. The highest BCUT2D eigenvalue weighted by Crippen LogP contribution is 2.00. The maximum absolute atomic E-state index is 5.07. The van der Waals surface area contributed by atoms with Gasteiger partial charge in [0.2, 0.25) is 0 Å². The molecule has 0 amide bonds. The Bertz CT molecular complexity index is 280. The van der Waals surface area contributed by atoms with Crippen molar-refractivity contribution in [1.29, 1.82) is 0 Å². The van der Waals surface area contributed by atoms with Crippen molar-refractivity contribution in [3.8, 4) is 0 Å². The summed E-state index contributed by atoms with van der Waals surface area (Å²) in [5, 5.41) is 6.87. The summed E-state index contributed by atoms with van der Waals surface area (Å²) in [6.45, 7) is 14.9. The summed E-state index contributed by atoms with van der Waals surface area (Å²) in [6.07, 6.45) is 5.82. The van der Waals surface area contributed by atoms with Gasteiger partial charge in [-0.25, -0.2) is 0 Å². The van der Waals surface area contributed by atoms with E-state index in [4.69, 9.17) is 4.74 Å². The molecule has 2 N–H and O–H groups in total. The topological polar surface area (TPSA) is 48.9 Å². The van der Waals surface area contributed by atoms with Crippen LogP contribution in [0.3, 0.4) is 0 Å². The van der Waals surface area contributed by atoms with E-state index in [0.717, 1.165) is 51.6 Å². The summed E-state index contributed by atoms with van der Waals surface area (Å²) in [7, 11) is 1.76. The average Bonchev–Trinajstić information content (AvgIpc) is 2.55. The van der Waals surface area contributed by atoms with Crippen molar-refractivity contribution in [2.75, 3.05) is 46.4 Å². The molecule has 0 saturated carbocycles. The molecule has 0 aromatic rings. The van der Waals surface area contributed by atoms with E-state index < -0.39 is 0 Å². The van der Waals surface area contributed by atoms with E-state index in [1.165, 1.54) is 25.8 Å². The molecule has 0 spiro atoms. The largest absolute Gasteiger partial charge is 0.385 e. The lowest BCUT2D eigenvalue weighted by atomic mass is 10.2. The zero-order valence-electron chi connectivity index (χ0n) is 16.2. The monoisotopic (exact) mass is 328 g/mol. The Kier molecular flexibility index (Phi) is 15.5. The lowest BCUT2D eigenvalue weighted by molar-refractivity contribution is 0.192. The zero-order valence-corrected chi connectivity index (χ0v) is 16.2. The predicted molar refractivity (Wildman–Crippen MR) is 101 cm³/mol. The van der Waals surface area contributed by atoms with Crippen molar-refractivity contribution in [2.45, 2.75) is 65.8 Å². The van der Waals surface area contributed by atoms with Crippen LogP contribution in [-0.2, 0) is 4.74 Å². The molecule has 0 radical (unpaired) electrons. The first-order chi connectivity index (χ1) is 11.2. The van der Waals surface area contributed by atoms with Gasteiger partial charge in [-0.3, -0.25) is 4.99 Å². The molecule has 1 atom stereocenters. The Morgan fingerprint density at radius 2 is 1.83 bits per heavy atom. The molecule has 0 bridgehead atoms. The molecule has 0 aliphatic heterocycles. The Morgan fingerprint density at radius 3 is 2.43 bits per heavy atom. The van der Waals surface area contributed by atoms with Crippen molar-refractivity contribution < 1.29 is 4.74 Å². The van der Waals surface area contributed by atoms with Crippen LogP contribution >= 0.6 is 0 Å². The maximum Gasteiger partial charge on any atom is 0.191 e. The van der Waals surface area contributed by atoms with Crippen LogP contribution in [-0.4, -0.2) is 63.3 Å². The smallest absolute Gasteiger partial charge is 0.191 e. The van der Waals surface area contributed by atoms with Gasteiger partial charge in [-0.1, -0.05) is 13.8 Å². The summed E-state index contributed by atoms with van der Waals surface area (Å²) in [5.74, 6) is 0.953. The van der Waals surface area contributed by atoms with Crippen molar-refractivity contribution in [2.24, 2.45) is 4.99 Å². The Balaban J connectivity index is 3.98. The number of hydrogen-bond acceptors (Lipinski definition) is 3. The van der Waals surface area contributed by atoms with Gasteiger partial charge in [0.25, 0.3) is 0 Å². The number of nitrogens with one attached hydrogen (secondary N) is 2. The van der Waals surface area contributed by atoms with Gasteiger partial charge in [-0.15, -0.1) is 0 Å². The highest BCUT2D eigenvalue weighted by molar-refractivity contribution is 5.79. The second-order valence-electron chi connectivity index (χ2n) is 6.03. The second kappa shape index (κ2) is 16.1. The van der Waals surface area contributed by atoms with E-state index in [1.54, 1.807) is 7.11 Å². The normalized spacial score (nSPS) is 13.4. The molecule has 0 aromatic carbocycles. The number of ether oxygens (including phenoxy) is 1.